The maximum absolute atomic E-state index is 14.7. The third-order valence-corrected chi connectivity index (χ3v) is 15.7. The van der Waals surface area contributed by atoms with E-state index in [4.69, 9.17) is 13.9 Å². The van der Waals surface area contributed by atoms with E-state index in [1.807, 2.05) is 19.1 Å². The number of aliphatic carboxylic acids is 1. The van der Waals surface area contributed by atoms with Gasteiger partial charge in [-0.25, -0.2) is 0 Å². The molecule has 7 atom stereocenters. The monoisotopic (exact) mass is 634 g/mol. The van der Waals surface area contributed by atoms with Gasteiger partial charge in [0.25, 0.3) is 8.32 Å². The molecule has 2 aliphatic rings. The van der Waals surface area contributed by atoms with Crippen LogP contribution < -0.4 is 10.4 Å². The molecule has 2 aromatic carbocycles. The summed E-state index contributed by atoms with van der Waals surface area (Å²) < 4.78 is 18.5. The second-order valence-corrected chi connectivity index (χ2v) is 19.5. The van der Waals surface area contributed by atoms with Crippen molar-refractivity contribution in [1.82, 2.24) is 0 Å². The molecule has 2 fully saturated rings. The van der Waals surface area contributed by atoms with Crippen LogP contribution in [0.2, 0.25) is 5.04 Å². The maximum atomic E-state index is 14.7. The molecule has 0 aromatic heterocycles. The molecule has 246 valence electrons. The number of carboxylic acids is 1. The molecule has 0 unspecified atom stereocenters. The fraction of sp³-hybridized carbons (Fsp3) is 0.579. The Labute approximate surface area is 271 Å². The number of carboxylic acid groups (broad SMARTS) is 1. The topological polar surface area (TPSA) is 82.1 Å². The first-order chi connectivity index (χ1) is 21.2. The zero-order valence-electron chi connectivity index (χ0n) is 28.5. The number of hydrogen-bond donors (Lipinski definition) is 1. The second kappa shape index (κ2) is 14.0. The molecule has 0 radical (unpaired) electrons. The summed E-state index contributed by atoms with van der Waals surface area (Å²) in [7, 11) is -1.21. The van der Waals surface area contributed by atoms with Crippen LogP contribution in [-0.2, 0) is 23.5 Å². The number of Topliss-reactive ketones (excluding diaryl/α,β-unsaturated/α-hetero) is 1. The molecule has 0 saturated heterocycles. The number of carbonyl (C=O) groups is 2. The van der Waals surface area contributed by atoms with Crippen LogP contribution in [0, 0.1) is 40.9 Å². The van der Waals surface area contributed by atoms with Gasteiger partial charge in [-0.15, -0.1) is 0 Å². The summed E-state index contributed by atoms with van der Waals surface area (Å²) in [5.74, 6) is -0.943. The number of ketones is 1. The molecule has 4 rings (SSSR count). The minimum absolute atomic E-state index is 0.0210. The van der Waals surface area contributed by atoms with E-state index in [-0.39, 0.29) is 53.1 Å². The van der Waals surface area contributed by atoms with Gasteiger partial charge >= 0.3 is 5.97 Å². The van der Waals surface area contributed by atoms with Crippen LogP contribution in [0.15, 0.2) is 72.8 Å². The third-order valence-electron chi connectivity index (χ3n) is 10.7. The summed E-state index contributed by atoms with van der Waals surface area (Å²) in [6.07, 6.45) is 0.873. The predicted octanol–water partition coefficient (Wildman–Crippen LogP) is 6.72. The van der Waals surface area contributed by atoms with Crippen LogP contribution in [0.3, 0.4) is 0 Å². The first kappa shape index (κ1) is 35.3. The molecule has 0 aliphatic heterocycles. The summed E-state index contributed by atoms with van der Waals surface area (Å²) in [6, 6.07) is 21.1. The minimum Gasteiger partial charge on any atom is -0.481 e. The summed E-state index contributed by atoms with van der Waals surface area (Å²) in [5, 5.41) is 11.8. The molecular formula is C38H54O6Si. The highest BCUT2D eigenvalue weighted by Crippen LogP contribution is 2.67. The molecule has 6 nitrogen and oxygen atoms in total. The van der Waals surface area contributed by atoms with Crippen LogP contribution in [-0.4, -0.2) is 51.8 Å². The number of ether oxygens (including phenoxy) is 2. The Hall–Kier alpha value is -2.58. The highest BCUT2D eigenvalue weighted by molar-refractivity contribution is 6.99. The molecule has 1 N–H and O–H groups in total. The minimum atomic E-state index is -2.76. The second-order valence-electron chi connectivity index (χ2n) is 15.2. The molecule has 0 bridgehead atoms. The van der Waals surface area contributed by atoms with Gasteiger partial charge in [-0.2, -0.15) is 0 Å². The summed E-state index contributed by atoms with van der Waals surface area (Å²) >= 11 is 0. The van der Waals surface area contributed by atoms with Crippen LogP contribution in [0.1, 0.15) is 67.7 Å². The van der Waals surface area contributed by atoms with Crippen molar-refractivity contribution in [3.63, 3.8) is 0 Å². The van der Waals surface area contributed by atoms with Crippen molar-refractivity contribution in [1.29, 1.82) is 0 Å². The van der Waals surface area contributed by atoms with E-state index in [0.717, 1.165) is 12.0 Å². The zero-order chi connectivity index (χ0) is 33.2. The lowest BCUT2D eigenvalue weighted by Gasteiger charge is -2.43. The first-order valence-electron chi connectivity index (χ1n) is 16.4. The van der Waals surface area contributed by atoms with Crippen LogP contribution >= 0.6 is 0 Å². The molecule has 2 aliphatic carbocycles. The number of hydrogen-bond acceptors (Lipinski definition) is 5. The van der Waals surface area contributed by atoms with Gasteiger partial charge in [0.2, 0.25) is 0 Å². The Morgan fingerprint density at radius 3 is 2.11 bits per heavy atom. The third kappa shape index (κ3) is 7.22. The average Bonchev–Trinajstić information content (AvgIpc) is 3.54. The smallest absolute Gasteiger partial charge is 0.303 e. The Bertz CT molecular complexity index is 1280. The number of benzene rings is 2. The number of fused-ring (bicyclic) bond motifs is 1. The summed E-state index contributed by atoms with van der Waals surface area (Å²) in [4.78, 5) is 26.4. The van der Waals surface area contributed by atoms with Gasteiger partial charge in [0, 0.05) is 18.9 Å². The molecule has 45 heavy (non-hydrogen) atoms. The van der Waals surface area contributed by atoms with Crippen molar-refractivity contribution in [3.05, 3.63) is 72.8 Å². The maximum Gasteiger partial charge on any atom is 0.303 e. The number of carbonyl (C=O) groups excluding carboxylic acids is 1. The van der Waals surface area contributed by atoms with Gasteiger partial charge < -0.3 is 19.0 Å². The fourth-order valence-electron chi connectivity index (χ4n) is 8.50. The van der Waals surface area contributed by atoms with Gasteiger partial charge in [-0.1, -0.05) is 121 Å². The van der Waals surface area contributed by atoms with E-state index < -0.39 is 26.3 Å². The molecule has 2 saturated carbocycles. The Morgan fingerprint density at radius 1 is 1.07 bits per heavy atom. The average molecular weight is 635 g/mol. The van der Waals surface area contributed by atoms with Crippen LogP contribution in [0.4, 0.5) is 0 Å². The van der Waals surface area contributed by atoms with Crippen molar-refractivity contribution in [2.24, 2.45) is 40.9 Å². The van der Waals surface area contributed by atoms with E-state index >= 15 is 0 Å². The Kier molecular flexibility index (Phi) is 11.0. The van der Waals surface area contributed by atoms with Gasteiger partial charge in [-0.3, -0.25) is 9.59 Å². The highest BCUT2D eigenvalue weighted by atomic mass is 28.4. The van der Waals surface area contributed by atoms with Crippen molar-refractivity contribution in [2.75, 3.05) is 20.5 Å². The lowest BCUT2D eigenvalue weighted by Crippen LogP contribution is -2.66. The molecule has 0 heterocycles. The van der Waals surface area contributed by atoms with Gasteiger partial charge in [-0.05, 0) is 57.3 Å². The molecule has 0 amide bonds. The van der Waals surface area contributed by atoms with Crippen molar-refractivity contribution in [3.8, 4) is 0 Å². The quantitative estimate of drug-likeness (QED) is 0.141. The zero-order valence-corrected chi connectivity index (χ0v) is 29.5. The van der Waals surface area contributed by atoms with E-state index in [0.29, 0.717) is 18.9 Å². The SMILES string of the molecule is C=C(CO[Si](c1ccccc1)(c1ccccc1)C(C)(C)C)C[C@@H]1C(=O)[C@@H]([C@@H](OCOC)[C@H](C)CC(=O)O)[C@H](C)C[C@@H]2[C@H]1C2(C)C. The number of rotatable bonds is 14. The van der Waals surface area contributed by atoms with Crippen LogP contribution in [0.25, 0.3) is 0 Å². The largest absolute Gasteiger partial charge is 0.481 e. The Balaban J connectivity index is 1.64. The van der Waals surface area contributed by atoms with Crippen molar-refractivity contribution in [2.45, 2.75) is 78.9 Å². The standard InChI is InChI=1S/C38H54O6Si/c1-25(23-44-45(37(4,5)6,28-16-12-10-13-17-28)29-18-14-11-15-19-29)20-30-34-31(38(34,7)8)21-26(2)33(35(30)41)36(43-24-42-9)27(3)22-32(39)40/h10-19,26-27,30-31,33-34,36H,1,20-24H2,2-9H3,(H,39,40)/t26-,27-,30+,31-,33+,34+,36+/m1/s1. The molecule has 2 aromatic rings. The fourth-order valence-corrected chi connectivity index (χ4v) is 13.1. The number of methoxy groups -OCH3 is 1. The van der Waals surface area contributed by atoms with Gasteiger partial charge in [0.1, 0.15) is 12.6 Å². The molecule has 0 spiro atoms. The van der Waals surface area contributed by atoms with Crippen molar-refractivity contribution < 1.29 is 28.6 Å². The van der Waals surface area contributed by atoms with Crippen molar-refractivity contribution >= 4 is 30.4 Å². The Morgan fingerprint density at radius 2 is 1.62 bits per heavy atom. The molecular weight excluding hydrogens is 580 g/mol. The van der Waals surface area contributed by atoms with E-state index in [1.54, 1.807) is 7.11 Å². The van der Waals surface area contributed by atoms with E-state index in [1.165, 1.54) is 10.4 Å². The van der Waals surface area contributed by atoms with Crippen LogP contribution in [0.5, 0.6) is 0 Å². The summed E-state index contributed by atoms with van der Waals surface area (Å²) in [5.41, 5.74) is 0.984. The first-order valence-corrected chi connectivity index (χ1v) is 18.3. The predicted molar refractivity (Wildman–Crippen MR) is 182 cm³/mol. The molecule has 7 heteroatoms. The lowest BCUT2D eigenvalue weighted by atomic mass is 9.73. The van der Waals surface area contributed by atoms with Gasteiger partial charge in [0.05, 0.1) is 19.1 Å². The highest BCUT2D eigenvalue weighted by Gasteiger charge is 2.65. The van der Waals surface area contributed by atoms with E-state index in [9.17, 15) is 14.7 Å². The van der Waals surface area contributed by atoms with Gasteiger partial charge in [0.15, 0.2) is 0 Å². The van der Waals surface area contributed by atoms with E-state index in [2.05, 4.69) is 96.7 Å². The lowest BCUT2D eigenvalue weighted by molar-refractivity contribution is -0.155. The normalized spacial score (nSPS) is 26.0. The summed E-state index contributed by atoms with van der Waals surface area (Å²) in [6.45, 7) is 20.3.